The van der Waals surface area contributed by atoms with E-state index in [0.717, 1.165) is 55.7 Å². The van der Waals surface area contributed by atoms with Crippen LogP contribution in [0.1, 0.15) is 36.9 Å². The molecule has 2 aromatic heterocycles. The molecule has 0 bridgehead atoms. The van der Waals surface area contributed by atoms with Gasteiger partial charge in [-0.1, -0.05) is 23.7 Å². The molecule has 0 radical (unpaired) electrons. The third-order valence-corrected chi connectivity index (χ3v) is 5.97. The Balaban J connectivity index is 1.68. The molecule has 0 unspecified atom stereocenters. The normalized spacial score (nSPS) is 18.1. The SMILES string of the molecule is OC1CCN(c2c3c(nc4cc(-c5cccc(Cl)c5)nn24)CCCC3)CC1. The molecule has 1 N–H and O–H groups in total. The van der Waals surface area contributed by atoms with Crippen molar-refractivity contribution in [3.8, 4) is 11.3 Å². The molecule has 0 amide bonds. The molecule has 1 saturated heterocycles. The van der Waals surface area contributed by atoms with Crippen LogP contribution in [0.25, 0.3) is 16.9 Å². The van der Waals surface area contributed by atoms with Crippen LogP contribution in [0, 0.1) is 0 Å². The number of nitrogens with zero attached hydrogens (tertiary/aromatic N) is 4. The number of aromatic nitrogens is 3. The van der Waals surface area contributed by atoms with Gasteiger partial charge in [-0.2, -0.15) is 9.61 Å². The Kier molecular flexibility index (Phi) is 4.29. The fraction of sp³-hybridized carbons (Fsp3) is 0.429. The molecule has 5 nitrogen and oxygen atoms in total. The van der Waals surface area contributed by atoms with Crippen molar-refractivity contribution in [2.45, 2.75) is 44.6 Å². The second kappa shape index (κ2) is 6.80. The van der Waals surface area contributed by atoms with E-state index in [1.165, 1.54) is 29.9 Å². The third kappa shape index (κ3) is 3.09. The lowest BCUT2D eigenvalue weighted by Crippen LogP contribution is -2.38. The fourth-order valence-corrected chi connectivity index (χ4v) is 4.51. The third-order valence-electron chi connectivity index (χ3n) is 5.73. The van der Waals surface area contributed by atoms with E-state index in [1.54, 1.807) is 0 Å². The van der Waals surface area contributed by atoms with Gasteiger partial charge in [0.05, 0.1) is 11.8 Å². The van der Waals surface area contributed by atoms with Gasteiger partial charge in [0.25, 0.3) is 0 Å². The Morgan fingerprint density at radius 3 is 2.70 bits per heavy atom. The standard InChI is InChI=1S/C21H23ClN4O/c22-15-5-3-4-14(12-15)19-13-20-23-18-7-2-1-6-17(18)21(26(20)24-19)25-10-8-16(27)9-11-25/h3-5,12-13,16,27H,1-2,6-11H2. The Morgan fingerprint density at radius 2 is 1.89 bits per heavy atom. The summed E-state index contributed by atoms with van der Waals surface area (Å²) in [6, 6.07) is 9.86. The summed E-state index contributed by atoms with van der Waals surface area (Å²) in [6.45, 7) is 1.72. The number of piperidine rings is 1. The van der Waals surface area contributed by atoms with Gasteiger partial charge in [0.15, 0.2) is 5.65 Å². The molecule has 0 spiro atoms. The Bertz CT molecular complexity index is 991. The molecule has 2 aliphatic rings. The van der Waals surface area contributed by atoms with E-state index in [9.17, 15) is 5.11 Å². The smallest absolute Gasteiger partial charge is 0.158 e. The van der Waals surface area contributed by atoms with Crippen LogP contribution in [-0.4, -0.2) is 38.9 Å². The van der Waals surface area contributed by atoms with Crippen LogP contribution in [0.15, 0.2) is 30.3 Å². The van der Waals surface area contributed by atoms with Crippen molar-refractivity contribution >= 4 is 23.1 Å². The first-order valence-corrected chi connectivity index (χ1v) is 10.2. The van der Waals surface area contributed by atoms with Gasteiger partial charge in [-0.3, -0.25) is 0 Å². The van der Waals surface area contributed by atoms with Crippen molar-refractivity contribution in [2.24, 2.45) is 0 Å². The summed E-state index contributed by atoms with van der Waals surface area (Å²) in [7, 11) is 0. The minimum absolute atomic E-state index is 0.186. The van der Waals surface area contributed by atoms with E-state index in [0.29, 0.717) is 5.02 Å². The summed E-state index contributed by atoms with van der Waals surface area (Å²) in [4.78, 5) is 7.34. The maximum absolute atomic E-state index is 9.93. The zero-order chi connectivity index (χ0) is 18.4. The van der Waals surface area contributed by atoms with E-state index in [1.807, 2.05) is 28.8 Å². The highest BCUT2D eigenvalue weighted by Crippen LogP contribution is 2.33. The zero-order valence-corrected chi connectivity index (χ0v) is 16.0. The van der Waals surface area contributed by atoms with Crippen molar-refractivity contribution in [3.05, 3.63) is 46.6 Å². The van der Waals surface area contributed by atoms with Gasteiger partial charge in [0.1, 0.15) is 5.82 Å². The number of hydrogen-bond acceptors (Lipinski definition) is 4. The lowest BCUT2D eigenvalue weighted by molar-refractivity contribution is 0.145. The highest BCUT2D eigenvalue weighted by molar-refractivity contribution is 6.30. The summed E-state index contributed by atoms with van der Waals surface area (Å²) in [5.74, 6) is 1.18. The average molecular weight is 383 g/mol. The zero-order valence-electron chi connectivity index (χ0n) is 15.2. The summed E-state index contributed by atoms with van der Waals surface area (Å²) in [5, 5.41) is 15.6. The van der Waals surface area contributed by atoms with Crippen LogP contribution in [0.5, 0.6) is 0 Å². The summed E-state index contributed by atoms with van der Waals surface area (Å²) in [6.07, 6.45) is 5.91. The van der Waals surface area contributed by atoms with Crippen LogP contribution in [0.4, 0.5) is 5.82 Å². The molecular formula is C21H23ClN4O. The second-order valence-corrected chi connectivity index (χ2v) is 8.03. The molecule has 3 aromatic rings. The lowest BCUT2D eigenvalue weighted by Gasteiger charge is -2.34. The molecule has 5 rings (SSSR count). The predicted octanol–water partition coefficient (Wildman–Crippen LogP) is 3.89. The number of aliphatic hydroxyl groups excluding tert-OH is 1. The van der Waals surface area contributed by atoms with Gasteiger partial charge in [-0.15, -0.1) is 0 Å². The summed E-state index contributed by atoms with van der Waals surface area (Å²) < 4.78 is 2.01. The van der Waals surface area contributed by atoms with Gasteiger partial charge >= 0.3 is 0 Å². The van der Waals surface area contributed by atoms with E-state index in [-0.39, 0.29) is 6.10 Å². The highest BCUT2D eigenvalue weighted by atomic mass is 35.5. The largest absolute Gasteiger partial charge is 0.393 e. The van der Waals surface area contributed by atoms with Gasteiger partial charge in [-0.05, 0) is 50.7 Å². The molecule has 0 atom stereocenters. The van der Waals surface area contributed by atoms with Crippen LogP contribution in [0.3, 0.4) is 0 Å². The monoisotopic (exact) mass is 382 g/mol. The lowest BCUT2D eigenvalue weighted by atomic mass is 9.95. The van der Waals surface area contributed by atoms with Crippen molar-refractivity contribution in [1.29, 1.82) is 0 Å². The quantitative estimate of drug-likeness (QED) is 0.730. The van der Waals surface area contributed by atoms with Crippen molar-refractivity contribution < 1.29 is 5.11 Å². The molecule has 1 fully saturated rings. The van der Waals surface area contributed by atoms with Crippen molar-refractivity contribution in [1.82, 2.24) is 14.6 Å². The number of anilines is 1. The Hall–Kier alpha value is -2.11. The van der Waals surface area contributed by atoms with Gasteiger partial charge in [0.2, 0.25) is 0 Å². The van der Waals surface area contributed by atoms with Crippen LogP contribution < -0.4 is 4.90 Å². The van der Waals surface area contributed by atoms with E-state index < -0.39 is 0 Å². The molecular weight excluding hydrogens is 360 g/mol. The minimum atomic E-state index is -0.186. The average Bonchev–Trinajstić information content (AvgIpc) is 3.10. The van der Waals surface area contributed by atoms with E-state index >= 15 is 0 Å². The number of benzene rings is 1. The molecule has 6 heteroatoms. The molecule has 1 aliphatic heterocycles. The second-order valence-electron chi connectivity index (χ2n) is 7.60. The number of aryl methyl sites for hydroxylation is 1. The summed E-state index contributed by atoms with van der Waals surface area (Å²) in [5.41, 5.74) is 5.35. The Morgan fingerprint density at radius 1 is 1.07 bits per heavy atom. The first-order valence-electron chi connectivity index (χ1n) is 9.79. The maximum atomic E-state index is 9.93. The molecule has 1 aromatic carbocycles. The first kappa shape index (κ1) is 17.0. The van der Waals surface area contributed by atoms with E-state index in [4.69, 9.17) is 21.7 Å². The number of hydrogen-bond donors (Lipinski definition) is 1. The van der Waals surface area contributed by atoms with Crippen molar-refractivity contribution in [3.63, 3.8) is 0 Å². The van der Waals surface area contributed by atoms with Crippen LogP contribution in [-0.2, 0) is 12.8 Å². The van der Waals surface area contributed by atoms with Crippen LogP contribution in [0.2, 0.25) is 5.02 Å². The predicted molar refractivity (Wildman–Crippen MR) is 108 cm³/mol. The molecule has 1 aliphatic carbocycles. The van der Waals surface area contributed by atoms with Gasteiger partial charge in [0, 0.05) is 41.0 Å². The fourth-order valence-electron chi connectivity index (χ4n) is 4.32. The van der Waals surface area contributed by atoms with Gasteiger partial charge < -0.3 is 10.0 Å². The number of rotatable bonds is 2. The maximum Gasteiger partial charge on any atom is 0.158 e. The topological polar surface area (TPSA) is 53.7 Å². The number of halogens is 1. The molecule has 140 valence electrons. The Labute approximate surface area is 163 Å². The van der Waals surface area contributed by atoms with Crippen molar-refractivity contribution in [2.75, 3.05) is 18.0 Å². The molecule has 0 saturated carbocycles. The first-order chi connectivity index (χ1) is 13.2. The highest BCUT2D eigenvalue weighted by Gasteiger charge is 2.26. The summed E-state index contributed by atoms with van der Waals surface area (Å²) >= 11 is 6.18. The van der Waals surface area contributed by atoms with E-state index in [2.05, 4.69) is 11.0 Å². The minimum Gasteiger partial charge on any atom is -0.393 e. The molecule has 3 heterocycles. The number of fused-ring (bicyclic) bond motifs is 2. The van der Waals surface area contributed by atoms with Crippen LogP contribution >= 0.6 is 11.6 Å². The van der Waals surface area contributed by atoms with Gasteiger partial charge in [-0.25, -0.2) is 4.98 Å². The number of aliphatic hydroxyl groups is 1. The molecule has 27 heavy (non-hydrogen) atoms.